The summed E-state index contributed by atoms with van der Waals surface area (Å²) in [6.07, 6.45) is 0. The Kier molecular flexibility index (Phi) is 12.3. The van der Waals surface area contributed by atoms with Gasteiger partial charge < -0.3 is 16.0 Å². The molecule has 0 saturated heterocycles. The summed E-state index contributed by atoms with van der Waals surface area (Å²) >= 11 is 1.03. The van der Waals surface area contributed by atoms with E-state index in [2.05, 4.69) is 53.5 Å². The molecule has 2 aromatic heterocycles. The highest BCUT2D eigenvalue weighted by Crippen LogP contribution is 2.49. The summed E-state index contributed by atoms with van der Waals surface area (Å²) in [7, 11) is -8.98. The van der Waals surface area contributed by atoms with Gasteiger partial charge in [0.2, 0.25) is 5.91 Å². The van der Waals surface area contributed by atoms with Gasteiger partial charge in [-0.15, -0.1) is 20.5 Å². The van der Waals surface area contributed by atoms with E-state index in [0.717, 1.165) is 46.7 Å². The fraction of sp³-hybridized carbons (Fsp3) is 0.100. The first-order valence-corrected chi connectivity index (χ1v) is 21.1. The van der Waals surface area contributed by atoms with Crippen LogP contribution >= 0.6 is 11.3 Å². The maximum absolute atomic E-state index is 11.7. The van der Waals surface area contributed by atoms with Crippen LogP contribution in [0.3, 0.4) is 0 Å². The van der Waals surface area contributed by atoms with Gasteiger partial charge in [-0.3, -0.25) is 13.9 Å². The number of carbonyl (C=O) groups excluding carboxylic acids is 1. The van der Waals surface area contributed by atoms with Crippen molar-refractivity contribution in [2.75, 3.05) is 16.0 Å². The lowest BCUT2D eigenvalue weighted by Crippen LogP contribution is -2.05. The van der Waals surface area contributed by atoms with Crippen molar-refractivity contribution in [3.8, 4) is 23.3 Å². The second kappa shape index (κ2) is 17.3. The maximum atomic E-state index is 11.7. The first-order valence-electron chi connectivity index (χ1n) is 17.4. The number of azo groups is 2. The zero-order valence-electron chi connectivity index (χ0n) is 32.0. The van der Waals surface area contributed by atoms with Crippen LogP contribution in [0.4, 0.5) is 50.1 Å². The predicted molar refractivity (Wildman–Crippen MR) is 226 cm³/mol. The van der Waals surface area contributed by atoms with Crippen LogP contribution in [0, 0.1) is 43.4 Å². The molecule has 0 unspecified atom stereocenters. The average molecular weight is 861 g/mol. The summed E-state index contributed by atoms with van der Waals surface area (Å²) in [6, 6.07) is 26.9. The number of rotatable bonds is 12. The van der Waals surface area contributed by atoms with E-state index in [-0.39, 0.29) is 54.7 Å². The lowest BCUT2D eigenvalue weighted by atomic mass is 10.0. The third kappa shape index (κ3) is 9.90. The van der Waals surface area contributed by atoms with E-state index in [0.29, 0.717) is 38.9 Å². The van der Waals surface area contributed by atoms with Gasteiger partial charge in [-0.1, -0.05) is 29.5 Å². The number of thiophene rings is 1. The van der Waals surface area contributed by atoms with E-state index in [9.17, 15) is 41.3 Å². The molecule has 0 bridgehead atoms. The number of carbonyl (C=O) groups is 1. The third-order valence-corrected chi connectivity index (χ3v) is 11.2. The normalized spacial score (nSPS) is 11.7. The predicted octanol–water partition coefficient (Wildman–Crippen LogP) is 10.2. The van der Waals surface area contributed by atoms with Crippen LogP contribution < -0.4 is 16.0 Å². The molecule has 6 aromatic rings. The van der Waals surface area contributed by atoms with Gasteiger partial charge in [-0.05, 0) is 110 Å². The Morgan fingerprint density at radius 3 is 1.67 bits per heavy atom. The number of nitriles is 2. The van der Waals surface area contributed by atoms with Gasteiger partial charge >= 0.3 is 0 Å². The Balaban J connectivity index is 1.49. The van der Waals surface area contributed by atoms with Gasteiger partial charge in [0, 0.05) is 35.1 Å². The smallest absolute Gasteiger partial charge is 0.294 e. The van der Waals surface area contributed by atoms with Crippen molar-refractivity contribution in [2.45, 2.75) is 37.5 Å². The van der Waals surface area contributed by atoms with Gasteiger partial charge in [0.1, 0.15) is 28.4 Å². The highest BCUT2D eigenvalue weighted by molar-refractivity contribution is 7.86. The van der Waals surface area contributed by atoms with Crippen LogP contribution in [-0.2, 0) is 25.0 Å². The largest absolute Gasteiger partial charge is 0.339 e. The molecule has 5 N–H and O–H groups in total. The second-order valence-corrected chi connectivity index (χ2v) is 16.9. The molecule has 0 aliphatic rings. The molecule has 0 atom stereocenters. The summed E-state index contributed by atoms with van der Waals surface area (Å²) in [6.45, 7) is 6.84. The lowest BCUT2D eigenvalue weighted by Gasteiger charge is -2.16. The molecule has 20 heteroatoms. The van der Waals surface area contributed by atoms with E-state index in [1.54, 1.807) is 31.2 Å². The average Bonchev–Trinajstić information content (AvgIpc) is 3.53. The van der Waals surface area contributed by atoms with Gasteiger partial charge in [0.15, 0.2) is 16.6 Å². The zero-order chi connectivity index (χ0) is 43.4. The summed E-state index contributed by atoms with van der Waals surface area (Å²) in [5.41, 5.74) is 5.11. The van der Waals surface area contributed by atoms with Crippen molar-refractivity contribution in [2.24, 2.45) is 20.5 Å². The Hall–Kier alpha value is -7.20. The topological polar surface area (TPSA) is 272 Å². The van der Waals surface area contributed by atoms with Crippen LogP contribution in [0.15, 0.2) is 121 Å². The summed E-state index contributed by atoms with van der Waals surface area (Å²) < 4.78 is 65.5. The van der Waals surface area contributed by atoms with E-state index in [4.69, 9.17) is 0 Å². The number of anilines is 5. The summed E-state index contributed by atoms with van der Waals surface area (Å²) in [5, 5.41) is 48.1. The summed E-state index contributed by atoms with van der Waals surface area (Å²) in [5.74, 6) is -0.225. The van der Waals surface area contributed by atoms with Crippen LogP contribution in [0.1, 0.15) is 34.7 Å². The van der Waals surface area contributed by atoms with Crippen LogP contribution in [0.25, 0.3) is 11.1 Å². The minimum atomic E-state index is -4.50. The minimum absolute atomic E-state index is 0.0125. The van der Waals surface area contributed by atoms with Crippen molar-refractivity contribution in [1.29, 1.82) is 10.5 Å². The van der Waals surface area contributed by atoms with E-state index >= 15 is 0 Å². The fourth-order valence-electron chi connectivity index (χ4n) is 5.88. The Morgan fingerprint density at radius 1 is 0.667 bits per heavy atom. The van der Waals surface area contributed by atoms with Crippen LogP contribution in [0.5, 0.6) is 0 Å². The van der Waals surface area contributed by atoms with E-state index in [1.165, 1.54) is 31.2 Å². The number of benzene rings is 4. The van der Waals surface area contributed by atoms with Crippen LogP contribution in [0.2, 0.25) is 0 Å². The minimum Gasteiger partial charge on any atom is -0.339 e. The number of aromatic nitrogens is 1. The number of nitrogens with one attached hydrogen (secondary N) is 3. The Labute approximate surface area is 348 Å². The summed E-state index contributed by atoms with van der Waals surface area (Å²) in [4.78, 5) is 15.6. The van der Waals surface area contributed by atoms with Crippen molar-refractivity contribution < 1.29 is 30.7 Å². The molecule has 302 valence electrons. The fourth-order valence-corrected chi connectivity index (χ4v) is 7.75. The lowest BCUT2D eigenvalue weighted by molar-refractivity contribution is -0.114. The molecule has 0 aliphatic heterocycles. The standard InChI is InChI=1S/C40H32N10O7S3/c1-22-17-23(2)19-30(18-22)47-50-40-35(26-5-7-27(8-6-26)43-25(4)51)34(21-42)39(58-40)49-48-36-24(3)33(20-41)37(44-28-9-13-31(14-10-28)59(52,53)54)46-38(36)45-29-11-15-32(16-12-29)60(55,56)57/h5-19H,1-4H3,(H,43,51)(H2,44,45,46)(H,52,53,54)(H,55,56,57). The molecule has 4 aromatic carbocycles. The number of amides is 1. The monoisotopic (exact) mass is 860 g/mol. The molecule has 1 amide bonds. The molecule has 0 radical (unpaired) electrons. The first kappa shape index (κ1) is 42.4. The highest BCUT2D eigenvalue weighted by atomic mass is 32.2. The molecule has 6 rings (SSSR count). The number of nitrogens with zero attached hydrogens (tertiary/aromatic N) is 7. The molecule has 0 saturated carbocycles. The first-order chi connectivity index (χ1) is 28.4. The molecule has 2 heterocycles. The van der Waals surface area contributed by atoms with Gasteiger partial charge in [0.05, 0.1) is 21.0 Å². The third-order valence-electron chi connectivity index (χ3n) is 8.54. The Morgan fingerprint density at radius 2 is 1.17 bits per heavy atom. The number of pyridine rings is 1. The number of aryl methyl sites for hydroxylation is 2. The number of hydrogen-bond acceptors (Lipinski definition) is 15. The molecule has 60 heavy (non-hydrogen) atoms. The molecule has 17 nitrogen and oxygen atoms in total. The van der Waals surface area contributed by atoms with Crippen molar-refractivity contribution in [3.63, 3.8) is 0 Å². The van der Waals surface area contributed by atoms with Crippen LogP contribution in [-0.4, -0.2) is 36.8 Å². The molecule has 0 aliphatic carbocycles. The molecule has 0 fully saturated rings. The number of hydrogen-bond donors (Lipinski definition) is 5. The second-order valence-electron chi connectivity index (χ2n) is 13.1. The quantitative estimate of drug-likeness (QED) is 0.0568. The van der Waals surface area contributed by atoms with Gasteiger partial charge in [0.25, 0.3) is 20.2 Å². The van der Waals surface area contributed by atoms with Gasteiger partial charge in [-0.2, -0.15) is 27.4 Å². The van der Waals surface area contributed by atoms with E-state index < -0.39 is 20.2 Å². The molecular weight excluding hydrogens is 829 g/mol. The van der Waals surface area contributed by atoms with E-state index in [1.807, 2.05) is 32.0 Å². The zero-order valence-corrected chi connectivity index (χ0v) is 34.4. The molecular formula is C40H32N10O7S3. The molecule has 0 spiro atoms. The van der Waals surface area contributed by atoms with Gasteiger partial charge in [-0.25, -0.2) is 4.98 Å². The van der Waals surface area contributed by atoms with Crippen molar-refractivity contribution >= 4 is 87.6 Å². The Bertz CT molecular complexity index is 3010. The SMILES string of the molecule is CC(=O)Nc1ccc(-c2c(N=Nc3cc(C)cc(C)c3)sc(N=Nc3c(Nc4ccc(S(=O)(=O)O)cc4)nc(Nc4ccc(S(=O)(=O)O)cc4)c(C#N)c3C)c2C#N)cc1. The van der Waals surface area contributed by atoms with Crippen molar-refractivity contribution in [1.82, 2.24) is 4.98 Å². The maximum Gasteiger partial charge on any atom is 0.294 e. The highest BCUT2D eigenvalue weighted by Gasteiger charge is 2.23. The van der Waals surface area contributed by atoms with Crippen molar-refractivity contribution in [3.05, 3.63) is 119 Å².